The van der Waals surface area contributed by atoms with Crippen molar-refractivity contribution in [1.82, 2.24) is 5.32 Å². The lowest BCUT2D eigenvalue weighted by Gasteiger charge is -2.38. The van der Waals surface area contributed by atoms with E-state index >= 15 is 0 Å². The molecule has 144 valence electrons. The molecule has 1 N–H and O–H groups in total. The number of carbonyl (C=O) groups is 1. The zero-order valence-corrected chi connectivity index (χ0v) is 16.2. The molecule has 2 aromatic carbocycles. The van der Waals surface area contributed by atoms with Gasteiger partial charge in [0, 0.05) is 53.5 Å². The molecule has 3 rings (SSSR count). The normalized spacial score (nSPS) is 17.3. The summed E-state index contributed by atoms with van der Waals surface area (Å²) in [5.41, 5.74) is 2.19. The summed E-state index contributed by atoms with van der Waals surface area (Å²) in [4.78, 5) is 12.7. The number of ether oxygens (including phenoxy) is 1. The second-order valence-corrected chi connectivity index (χ2v) is 8.44. The highest BCUT2D eigenvalue weighted by Crippen LogP contribution is 2.34. The first-order chi connectivity index (χ1) is 13.0. The van der Waals surface area contributed by atoms with E-state index in [-0.39, 0.29) is 17.1 Å². The summed E-state index contributed by atoms with van der Waals surface area (Å²) in [5, 5.41) is 3.04. The summed E-state index contributed by atoms with van der Waals surface area (Å²) in [6, 6.07) is 13.7. The number of halogens is 1. The summed E-state index contributed by atoms with van der Waals surface area (Å²) in [6.45, 7) is 1.70. The quantitative estimate of drug-likeness (QED) is 0.826. The predicted octanol–water partition coefficient (Wildman–Crippen LogP) is 3.18. The van der Waals surface area contributed by atoms with Crippen LogP contribution in [0.25, 0.3) is 0 Å². The van der Waals surface area contributed by atoms with Gasteiger partial charge in [-0.2, -0.15) is 0 Å². The third-order valence-electron chi connectivity index (χ3n) is 5.05. The fourth-order valence-corrected chi connectivity index (χ4v) is 4.17. The monoisotopic (exact) mass is 389 g/mol. The Kier molecular flexibility index (Phi) is 6.39. The minimum atomic E-state index is -0.956. The van der Waals surface area contributed by atoms with Crippen LogP contribution >= 0.6 is 0 Å². The van der Waals surface area contributed by atoms with Crippen molar-refractivity contribution in [1.29, 1.82) is 0 Å². The highest BCUT2D eigenvalue weighted by Gasteiger charge is 2.35. The highest BCUT2D eigenvalue weighted by atomic mass is 32.2. The molecule has 0 saturated carbocycles. The van der Waals surface area contributed by atoms with Gasteiger partial charge >= 0.3 is 0 Å². The fraction of sp³-hybridized carbons (Fsp3) is 0.381. The molecule has 1 aliphatic rings. The molecule has 27 heavy (non-hydrogen) atoms. The van der Waals surface area contributed by atoms with Crippen molar-refractivity contribution in [2.24, 2.45) is 0 Å². The Balaban J connectivity index is 1.74. The second kappa shape index (κ2) is 8.76. The maximum Gasteiger partial charge on any atom is 0.251 e. The maximum atomic E-state index is 13.3. The molecule has 1 amide bonds. The van der Waals surface area contributed by atoms with Crippen LogP contribution in [0.1, 0.15) is 34.3 Å². The summed E-state index contributed by atoms with van der Waals surface area (Å²) in [6.07, 6.45) is 3.19. The van der Waals surface area contributed by atoms with Gasteiger partial charge in [-0.15, -0.1) is 0 Å². The van der Waals surface area contributed by atoms with Gasteiger partial charge in [-0.05, 0) is 48.2 Å². The molecule has 6 heteroatoms. The number of benzene rings is 2. The van der Waals surface area contributed by atoms with Crippen LogP contribution < -0.4 is 5.32 Å². The van der Waals surface area contributed by atoms with Crippen LogP contribution in [0.5, 0.6) is 0 Å². The van der Waals surface area contributed by atoms with Gasteiger partial charge in [-0.3, -0.25) is 9.00 Å². The van der Waals surface area contributed by atoms with Gasteiger partial charge < -0.3 is 10.1 Å². The van der Waals surface area contributed by atoms with E-state index in [1.54, 1.807) is 36.6 Å². The van der Waals surface area contributed by atoms with Crippen LogP contribution in [0.15, 0.2) is 48.5 Å². The lowest BCUT2D eigenvalue weighted by molar-refractivity contribution is 0.0487. The first kappa shape index (κ1) is 19.7. The van der Waals surface area contributed by atoms with Crippen molar-refractivity contribution in [3.8, 4) is 0 Å². The summed E-state index contributed by atoms with van der Waals surface area (Å²) >= 11 is 0. The van der Waals surface area contributed by atoms with Crippen LogP contribution in [0.4, 0.5) is 4.39 Å². The molecule has 0 spiro atoms. The van der Waals surface area contributed by atoms with Gasteiger partial charge in [-0.25, -0.2) is 4.39 Å². The SMILES string of the molecule is C[S@](=O)Cc1cccc(C(=O)NCC2(c3ccc(F)cc3)CCOCC2)c1. The topological polar surface area (TPSA) is 55.4 Å². The van der Waals surface area contributed by atoms with Crippen LogP contribution in [0.3, 0.4) is 0 Å². The average molecular weight is 389 g/mol. The molecular weight excluding hydrogens is 365 g/mol. The Morgan fingerprint density at radius 3 is 2.56 bits per heavy atom. The number of amides is 1. The third-order valence-corrected chi connectivity index (χ3v) is 5.79. The molecule has 1 saturated heterocycles. The molecule has 0 unspecified atom stereocenters. The molecule has 1 atom stereocenters. The lowest BCUT2D eigenvalue weighted by atomic mass is 9.74. The minimum absolute atomic E-state index is 0.160. The van der Waals surface area contributed by atoms with Gasteiger partial charge in [0.1, 0.15) is 5.82 Å². The number of carbonyl (C=O) groups excluding carboxylic acids is 1. The van der Waals surface area contributed by atoms with Crippen molar-refractivity contribution in [2.45, 2.75) is 24.0 Å². The molecule has 0 aliphatic carbocycles. The van der Waals surface area contributed by atoms with E-state index in [0.29, 0.717) is 31.1 Å². The van der Waals surface area contributed by atoms with Crippen LogP contribution in [-0.4, -0.2) is 36.1 Å². The van der Waals surface area contributed by atoms with E-state index in [0.717, 1.165) is 24.0 Å². The van der Waals surface area contributed by atoms with Crippen molar-refractivity contribution >= 4 is 16.7 Å². The van der Waals surface area contributed by atoms with E-state index in [2.05, 4.69) is 5.32 Å². The molecule has 4 nitrogen and oxygen atoms in total. The smallest absolute Gasteiger partial charge is 0.251 e. The summed E-state index contributed by atoms with van der Waals surface area (Å²) < 4.78 is 30.2. The molecule has 1 fully saturated rings. The molecule has 1 aliphatic heterocycles. The Morgan fingerprint density at radius 1 is 1.19 bits per heavy atom. The summed E-state index contributed by atoms with van der Waals surface area (Å²) in [7, 11) is -0.956. The molecule has 1 heterocycles. The van der Waals surface area contributed by atoms with E-state index in [4.69, 9.17) is 4.74 Å². The predicted molar refractivity (Wildman–Crippen MR) is 105 cm³/mol. The van der Waals surface area contributed by atoms with Gasteiger partial charge in [0.2, 0.25) is 0 Å². The lowest BCUT2D eigenvalue weighted by Crippen LogP contribution is -2.44. The van der Waals surface area contributed by atoms with Gasteiger partial charge in [0.15, 0.2) is 0 Å². The number of hydrogen-bond donors (Lipinski definition) is 1. The molecule has 0 radical (unpaired) electrons. The van der Waals surface area contributed by atoms with E-state index < -0.39 is 10.8 Å². The Labute approximate surface area is 161 Å². The Hall–Kier alpha value is -2.05. The first-order valence-electron chi connectivity index (χ1n) is 8.99. The largest absolute Gasteiger partial charge is 0.381 e. The number of rotatable bonds is 6. The van der Waals surface area contributed by atoms with E-state index in [1.165, 1.54) is 12.1 Å². The zero-order chi connectivity index (χ0) is 19.3. The molecule has 0 aromatic heterocycles. The fourth-order valence-electron chi connectivity index (χ4n) is 3.52. The Bertz CT molecular complexity index is 816. The van der Waals surface area contributed by atoms with Crippen LogP contribution in [0.2, 0.25) is 0 Å². The summed E-state index contributed by atoms with van der Waals surface area (Å²) in [5.74, 6) is -0.000309. The van der Waals surface area contributed by atoms with Crippen molar-refractivity contribution in [3.05, 3.63) is 71.0 Å². The molecule has 2 aromatic rings. The highest BCUT2D eigenvalue weighted by molar-refractivity contribution is 7.83. The average Bonchev–Trinajstić information content (AvgIpc) is 2.67. The van der Waals surface area contributed by atoms with Crippen molar-refractivity contribution in [2.75, 3.05) is 26.0 Å². The van der Waals surface area contributed by atoms with Gasteiger partial charge in [0.05, 0.1) is 0 Å². The van der Waals surface area contributed by atoms with Crippen molar-refractivity contribution < 1.29 is 18.1 Å². The number of hydrogen-bond acceptors (Lipinski definition) is 3. The third kappa shape index (κ3) is 5.02. The van der Waals surface area contributed by atoms with E-state index in [9.17, 15) is 13.4 Å². The standard InChI is InChI=1S/C21H24FNO3S/c1-27(25)14-16-3-2-4-17(13-16)20(24)23-15-21(9-11-26-12-10-21)18-5-7-19(22)8-6-18/h2-8,13H,9-12,14-15H2,1H3,(H,23,24)/t27-/m0/s1. The van der Waals surface area contributed by atoms with E-state index in [1.807, 2.05) is 6.07 Å². The molecule has 0 bridgehead atoms. The second-order valence-electron chi connectivity index (χ2n) is 7.00. The van der Waals surface area contributed by atoms with Crippen LogP contribution in [0, 0.1) is 5.82 Å². The van der Waals surface area contributed by atoms with Gasteiger partial charge in [0.25, 0.3) is 5.91 Å². The number of nitrogens with one attached hydrogen (secondary N) is 1. The molecular formula is C21H24FNO3S. The van der Waals surface area contributed by atoms with Crippen LogP contribution in [-0.2, 0) is 26.7 Å². The first-order valence-corrected chi connectivity index (χ1v) is 10.7. The Morgan fingerprint density at radius 2 is 1.89 bits per heavy atom. The zero-order valence-electron chi connectivity index (χ0n) is 15.4. The van der Waals surface area contributed by atoms with Crippen molar-refractivity contribution in [3.63, 3.8) is 0 Å². The van der Waals surface area contributed by atoms with Gasteiger partial charge in [-0.1, -0.05) is 24.3 Å². The maximum absolute atomic E-state index is 13.3. The minimum Gasteiger partial charge on any atom is -0.381 e.